The van der Waals surface area contributed by atoms with E-state index < -0.39 is 0 Å². The van der Waals surface area contributed by atoms with Crippen LogP contribution in [0, 0.1) is 0 Å². The average molecular weight is 223 g/mol. The van der Waals surface area contributed by atoms with E-state index in [2.05, 4.69) is 5.32 Å². The highest BCUT2D eigenvalue weighted by atomic mass is 32.2. The van der Waals surface area contributed by atoms with Gasteiger partial charge in [-0.1, -0.05) is 12.1 Å². The van der Waals surface area contributed by atoms with Gasteiger partial charge in [0.2, 0.25) is 5.91 Å². The molecule has 80 valence electrons. The fourth-order valence-corrected chi connectivity index (χ4v) is 1.85. The molecule has 0 aliphatic heterocycles. The first-order valence-electron chi connectivity index (χ1n) is 4.58. The number of hydrogen-bond donors (Lipinski definition) is 1. The van der Waals surface area contributed by atoms with Crippen LogP contribution < -0.4 is 5.32 Å². The van der Waals surface area contributed by atoms with Crippen molar-refractivity contribution in [1.29, 1.82) is 0 Å². The summed E-state index contributed by atoms with van der Waals surface area (Å²) in [6.07, 6.45) is 0. The normalized spacial score (nSPS) is 9.73. The Morgan fingerprint density at radius 3 is 2.73 bits per heavy atom. The summed E-state index contributed by atoms with van der Waals surface area (Å²) < 4.78 is 0. The number of carbonyl (C=O) groups is 2. The smallest absolute Gasteiger partial charge is 0.230 e. The van der Waals surface area contributed by atoms with E-state index in [1.165, 1.54) is 18.7 Å². The van der Waals surface area contributed by atoms with E-state index in [9.17, 15) is 9.59 Å². The molecule has 4 heteroatoms. The van der Waals surface area contributed by atoms with Crippen LogP contribution >= 0.6 is 11.8 Å². The summed E-state index contributed by atoms with van der Waals surface area (Å²) >= 11 is 1.42. The summed E-state index contributed by atoms with van der Waals surface area (Å²) in [5.41, 5.74) is 0.678. The average Bonchev–Trinajstić information content (AvgIpc) is 2.26. The molecular formula is C11H13NO2S. The zero-order chi connectivity index (χ0) is 11.3. The van der Waals surface area contributed by atoms with Crippen molar-refractivity contribution in [3.8, 4) is 0 Å². The summed E-state index contributed by atoms with van der Waals surface area (Å²) in [7, 11) is 1.61. The van der Waals surface area contributed by atoms with E-state index in [0.717, 1.165) is 4.90 Å². The largest absolute Gasteiger partial charge is 0.358 e. The second-order valence-electron chi connectivity index (χ2n) is 3.05. The number of ketones is 1. The molecule has 0 saturated carbocycles. The molecule has 1 aromatic carbocycles. The Balaban J connectivity index is 2.66. The minimum Gasteiger partial charge on any atom is -0.358 e. The number of Topliss-reactive ketones (excluding diaryl/α,β-unsaturated/α-hetero) is 1. The van der Waals surface area contributed by atoms with Crippen molar-refractivity contribution in [1.82, 2.24) is 5.32 Å². The van der Waals surface area contributed by atoms with Crippen molar-refractivity contribution in [2.75, 3.05) is 12.8 Å². The molecule has 0 aromatic heterocycles. The Morgan fingerprint density at radius 1 is 1.40 bits per heavy atom. The van der Waals surface area contributed by atoms with Crippen LogP contribution in [0.25, 0.3) is 0 Å². The maximum Gasteiger partial charge on any atom is 0.230 e. The molecule has 1 N–H and O–H groups in total. The van der Waals surface area contributed by atoms with Crippen molar-refractivity contribution in [3.05, 3.63) is 29.8 Å². The van der Waals surface area contributed by atoms with Crippen LogP contribution in [0.3, 0.4) is 0 Å². The monoisotopic (exact) mass is 223 g/mol. The maximum atomic E-state index is 11.1. The highest BCUT2D eigenvalue weighted by molar-refractivity contribution is 8.00. The van der Waals surface area contributed by atoms with Crippen molar-refractivity contribution in [2.24, 2.45) is 0 Å². The maximum absolute atomic E-state index is 11.1. The van der Waals surface area contributed by atoms with Gasteiger partial charge in [-0.2, -0.15) is 0 Å². The van der Waals surface area contributed by atoms with Gasteiger partial charge in [-0.15, -0.1) is 11.8 Å². The van der Waals surface area contributed by atoms with Gasteiger partial charge in [0, 0.05) is 17.5 Å². The summed E-state index contributed by atoms with van der Waals surface area (Å²) in [4.78, 5) is 23.0. The van der Waals surface area contributed by atoms with Crippen LogP contribution in [0.5, 0.6) is 0 Å². The Bertz CT molecular complexity index is 377. The second-order valence-corrected chi connectivity index (χ2v) is 4.09. The Labute approximate surface area is 93.3 Å². The van der Waals surface area contributed by atoms with Gasteiger partial charge in [0.15, 0.2) is 5.78 Å². The molecule has 0 atom stereocenters. The van der Waals surface area contributed by atoms with Crippen LogP contribution in [0.15, 0.2) is 29.2 Å². The van der Waals surface area contributed by atoms with Crippen LogP contribution in [0.4, 0.5) is 0 Å². The van der Waals surface area contributed by atoms with E-state index in [1.807, 2.05) is 12.1 Å². The molecule has 0 bridgehead atoms. The van der Waals surface area contributed by atoms with Gasteiger partial charge in [0.25, 0.3) is 0 Å². The first-order valence-corrected chi connectivity index (χ1v) is 5.56. The first kappa shape index (κ1) is 11.8. The lowest BCUT2D eigenvalue weighted by molar-refractivity contribution is -0.118. The number of carbonyl (C=O) groups excluding carboxylic acids is 2. The van der Waals surface area contributed by atoms with Crippen LogP contribution in [-0.4, -0.2) is 24.5 Å². The molecular weight excluding hydrogens is 210 g/mol. The first-order chi connectivity index (χ1) is 7.13. The number of benzene rings is 1. The van der Waals surface area contributed by atoms with Crippen LogP contribution in [0.2, 0.25) is 0 Å². The molecule has 0 fully saturated rings. The van der Waals surface area contributed by atoms with Gasteiger partial charge in [-0.05, 0) is 19.1 Å². The third kappa shape index (κ3) is 3.75. The molecule has 0 radical (unpaired) electrons. The summed E-state index contributed by atoms with van der Waals surface area (Å²) in [5.74, 6) is 0.392. The highest BCUT2D eigenvalue weighted by Gasteiger charge is 2.03. The third-order valence-electron chi connectivity index (χ3n) is 1.89. The molecule has 0 heterocycles. The SMILES string of the molecule is CNC(=O)CSc1cccc(C(C)=O)c1. The lowest BCUT2D eigenvalue weighted by Gasteiger charge is -2.02. The zero-order valence-corrected chi connectivity index (χ0v) is 9.56. The molecule has 1 amide bonds. The number of thioether (sulfide) groups is 1. The topological polar surface area (TPSA) is 46.2 Å². The van der Waals surface area contributed by atoms with Crippen molar-refractivity contribution in [2.45, 2.75) is 11.8 Å². The van der Waals surface area contributed by atoms with E-state index in [-0.39, 0.29) is 11.7 Å². The van der Waals surface area contributed by atoms with E-state index in [4.69, 9.17) is 0 Å². The molecule has 0 saturated heterocycles. The fraction of sp³-hybridized carbons (Fsp3) is 0.273. The summed E-state index contributed by atoms with van der Waals surface area (Å²) in [6.45, 7) is 1.53. The third-order valence-corrected chi connectivity index (χ3v) is 2.88. The molecule has 3 nitrogen and oxygen atoms in total. The lowest BCUT2D eigenvalue weighted by Crippen LogP contribution is -2.19. The molecule has 0 unspecified atom stereocenters. The van der Waals surface area contributed by atoms with Crippen LogP contribution in [-0.2, 0) is 4.79 Å². The highest BCUT2D eigenvalue weighted by Crippen LogP contribution is 2.18. The van der Waals surface area contributed by atoms with Crippen LogP contribution in [0.1, 0.15) is 17.3 Å². The molecule has 0 aliphatic rings. The van der Waals surface area contributed by atoms with Crippen molar-refractivity contribution < 1.29 is 9.59 Å². The minimum absolute atomic E-state index is 0.0202. The molecule has 15 heavy (non-hydrogen) atoms. The van der Waals surface area contributed by atoms with Gasteiger partial charge < -0.3 is 5.32 Å². The van der Waals surface area contributed by atoms with Gasteiger partial charge in [0.05, 0.1) is 5.75 Å². The van der Waals surface area contributed by atoms with Crippen molar-refractivity contribution in [3.63, 3.8) is 0 Å². The van der Waals surface area contributed by atoms with E-state index in [1.54, 1.807) is 19.2 Å². The molecule has 0 spiro atoms. The minimum atomic E-state index is -0.0202. The van der Waals surface area contributed by atoms with Gasteiger partial charge in [-0.3, -0.25) is 9.59 Å². The lowest BCUT2D eigenvalue weighted by atomic mass is 10.2. The Hall–Kier alpha value is -1.29. The van der Waals surface area contributed by atoms with E-state index >= 15 is 0 Å². The fourth-order valence-electron chi connectivity index (χ4n) is 1.03. The number of rotatable bonds is 4. The number of nitrogens with one attached hydrogen (secondary N) is 1. The summed E-state index contributed by atoms with van der Waals surface area (Å²) in [5, 5.41) is 2.55. The summed E-state index contributed by atoms with van der Waals surface area (Å²) in [6, 6.07) is 7.28. The zero-order valence-electron chi connectivity index (χ0n) is 8.74. The predicted molar refractivity (Wildman–Crippen MR) is 61.2 cm³/mol. The quantitative estimate of drug-likeness (QED) is 0.624. The number of hydrogen-bond acceptors (Lipinski definition) is 3. The Kier molecular flexibility index (Phi) is 4.37. The second kappa shape index (κ2) is 5.56. The number of amides is 1. The Morgan fingerprint density at radius 2 is 2.13 bits per heavy atom. The molecule has 0 aliphatic carbocycles. The van der Waals surface area contributed by atoms with Crippen molar-refractivity contribution >= 4 is 23.5 Å². The molecule has 1 aromatic rings. The van der Waals surface area contributed by atoms with E-state index in [0.29, 0.717) is 11.3 Å². The van der Waals surface area contributed by atoms with Gasteiger partial charge in [-0.25, -0.2) is 0 Å². The van der Waals surface area contributed by atoms with Gasteiger partial charge in [0.1, 0.15) is 0 Å². The standard InChI is InChI=1S/C11H13NO2S/c1-8(13)9-4-3-5-10(6-9)15-7-11(14)12-2/h3-6H,7H2,1-2H3,(H,12,14). The molecule has 1 rings (SSSR count). The van der Waals surface area contributed by atoms with Gasteiger partial charge >= 0.3 is 0 Å². The predicted octanol–water partition coefficient (Wildman–Crippen LogP) is 1.73.